The Morgan fingerprint density at radius 3 is 2.57 bits per heavy atom. The molecule has 0 spiro atoms. The smallest absolute Gasteiger partial charge is 0.352 e. The Morgan fingerprint density at radius 2 is 1.76 bits per heavy atom. The SMILES string of the molecule is Cc1c2c(nn1C)CN(C)Cc1cc(n(C)n1)CSc1cc3c(c(c1)OCCCc1c(C(=O)O)n(C)c4c-2c(Cl)ccc14)CCC3. The maximum absolute atomic E-state index is 12.7. The lowest BCUT2D eigenvalue weighted by Crippen LogP contribution is -2.18. The summed E-state index contributed by atoms with van der Waals surface area (Å²) in [7, 11) is 7.85. The summed E-state index contributed by atoms with van der Waals surface area (Å²) in [6.07, 6.45) is 4.49. The molecule has 0 unspecified atom stereocenters. The molecule has 9 nitrogen and oxygen atoms in total. The lowest BCUT2D eigenvalue weighted by molar-refractivity contribution is 0.0685. The van der Waals surface area contributed by atoms with Crippen LogP contribution in [-0.4, -0.2) is 53.8 Å². The number of nitrogens with zero attached hydrogens (tertiary/aromatic N) is 6. The van der Waals surface area contributed by atoms with Gasteiger partial charge in [-0.1, -0.05) is 17.7 Å². The second-order valence-electron chi connectivity index (χ2n) is 12.6. The zero-order valence-electron chi connectivity index (χ0n) is 27.0. The average Bonchev–Trinajstić information content (AvgIpc) is 3.75. The lowest BCUT2D eigenvalue weighted by Gasteiger charge is -2.16. The van der Waals surface area contributed by atoms with Gasteiger partial charge in [0.05, 0.1) is 28.5 Å². The van der Waals surface area contributed by atoms with Crippen molar-refractivity contribution in [1.82, 2.24) is 29.0 Å². The molecule has 0 fully saturated rings. The first-order valence-corrected chi connectivity index (χ1v) is 17.1. The molecule has 0 saturated carbocycles. The van der Waals surface area contributed by atoms with Crippen molar-refractivity contribution >= 4 is 40.2 Å². The van der Waals surface area contributed by atoms with Gasteiger partial charge in [0.15, 0.2) is 0 Å². The third kappa shape index (κ3) is 5.40. The maximum atomic E-state index is 12.7. The molecule has 8 bridgehead atoms. The molecule has 7 rings (SSSR count). The minimum Gasteiger partial charge on any atom is -0.493 e. The van der Waals surface area contributed by atoms with Crippen molar-refractivity contribution in [1.29, 1.82) is 0 Å². The Hall–Kier alpha value is -3.73. The highest BCUT2D eigenvalue weighted by Gasteiger charge is 2.28. The maximum Gasteiger partial charge on any atom is 0.352 e. The van der Waals surface area contributed by atoms with Gasteiger partial charge in [-0.15, -0.1) is 11.8 Å². The van der Waals surface area contributed by atoms with Crippen LogP contribution >= 0.6 is 23.4 Å². The number of rotatable bonds is 1. The van der Waals surface area contributed by atoms with Crippen molar-refractivity contribution in [2.45, 2.75) is 62.8 Å². The standard InChI is InChI=1S/C35H39ClN6O3S/c1-20-31-29(38-41(20)4)18-39(2)17-22-15-23(42(5)37-22)19-46-24-14-21-8-6-9-25(21)30(16-24)45-13-7-10-26-27-11-12-28(36)32(31)33(27)40(3)34(26)35(43)44/h11-12,14-16H,6-10,13,17-19H2,1-5H3,(H,43,44). The molecular weight excluding hydrogens is 620 g/mol. The molecule has 1 aliphatic heterocycles. The third-order valence-electron chi connectivity index (χ3n) is 9.51. The number of fused-ring (bicyclic) bond motifs is 8. The number of benzene rings is 2. The quantitative estimate of drug-likeness (QED) is 0.214. The Kier molecular flexibility index (Phi) is 8.15. The minimum atomic E-state index is -0.953. The van der Waals surface area contributed by atoms with E-state index in [9.17, 15) is 9.90 Å². The molecule has 4 heterocycles. The monoisotopic (exact) mass is 658 g/mol. The number of aromatic nitrogens is 5. The summed E-state index contributed by atoms with van der Waals surface area (Å²) in [5.74, 6) is 0.818. The molecule has 0 atom stereocenters. The third-order valence-corrected chi connectivity index (χ3v) is 10.8. The number of carboxylic acid groups (broad SMARTS) is 1. The van der Waals surface area contributed by atoms with Crippen LogP contribution in [0.1, 0.15) is 62.8 Å². The van der Waals surface area contributed by atoms with E-state index in [1.807, 2.05) is 61.3 Å². The van der Waals surface area contributed by atoms with Crippen LogP contribution in [0.3, 0.4) is 0 Å². The van der Waals surface area contributed by atoms with Crippen molar-refractivity contribution < 1.29 is 14.6 Å². The summed E-state index contributed by atoms with van der Waals surface area (Å²) in [5.41, 5.74) is 10.4. The van der Waals surface area contributed by atoms with E-state index in [-0.39, 0.29) is 5.69 Å². The van der Waals surface area contributed by atoms with Crippen molar-refractivity contribution in [3.63, 3.8) is 0 Å². The number of carbonyl (C=O) groups is 1. The molecule has 0 saturated heterocycles. The topological polar surface area (TPSA) is 90.3 Å². The van der Waals surface area contributed by atoms with Crippen LogP contribution in [0.4, 0.5) is 0 Å². The molecule has 2 aliphatic rings. The number of carboxylic acids is 1. The van der Waals surface area contributed by atoms with Gasteiger partial charge in [0.25, 0.3) is 0 Å². The first-order chi connectivity index (χ1) is 22.1. The zero-order chi connectivity index (χ0) is 32.3. The Morgan fingerprint density at radius 1 is 0.957 bits per heavy atom. The predicted molar refractivity (Wildman–Crippen MR) is 182 cm³/mol. The normalized spacial score (nSPS) is 15.9. The average molecular weight is 659 g/mol. The van der Waals surface area contributed by atoms with Gasteiger partial charge in [-0.2, -0.15) is 10.2 Å². The van der Waals surface area contributed by atoms with Crippen LogP contribution in [0.15, 0.2) is 35.2 Å². The number of ether oxygens (including phenoxy) is 1. The molecule has 46 heavy (non-hydrogen) atoms. The predicted octanol–water partition coefficient (Wildman–Crippen LogP) is 6.71. The molecular formula is C35H39ClN6O3S. The van der Waals surface area contributed by atoms with Crippen LogP contribution in [0.25, 0.3) is 22.0 Å². The fraction of sp³-hybridized carbons (Fsp3) is 0.400. The van der Waals surface area contributed by atoms with E-state index in [4.69, 9.17) is 26.5 Å². The van der Waals surface area contributed by atoms with Gasteiger partial charge in [-0.3, -0.25) is 14.3 Å². The van der Waals surface area contributed by atoms with Crippen LogP contribution in [0.5, 0.6) is 5.75 Å². The number of hydrogen-bond donors (Lipinski definition) is 1. The largest absolute Gasteiger partial charge is 0.493 e. The van der Waals surface area contributed by atoms with Gasteiger partial charge in [0.2, 0.25) is 0 Å². The van der Waals surface area contributed by atoms with E-state index in [1.165, 1.54) is 21.7 Å². The Balaban J connectivity index is 1.36. The second-order valence-corrected chi connectivity index (χ2v) is 14.1. The first-order valence-electron chi connectivity index (χ1n) is 15.8. The van der Waals surface area contributed by atoms with Crippen LogP contribution < -0.4 is 4.74 Å². The van der Waals surface area contributed by atoms with E-state index in [0.717, 1.165) is 75.4 Å². The highest BCUT2D eigenvalue weighted by Crippen LogP contribution is 2.42. The number of thioether (sulfide) groups is 1. The van der Waals surface area contributed by atoms with Crippen molar-refractivity contribution in [2.75, 3.05) is 13.7 Å². The van der Waals surface area contributed by atoms with Crippen molar-refractivity contribution in [2.24, 2.45) is 21.1 Å². The van der Waals surface area contributed by atoms with Crippen LogP contribution in [-0.2, 0) is 59.2 Å². The number of aryl methyl sites for hydroxylation is 5. The summed E-state index contributed by atoms with van der Waals surface area (Å²) in [5, 5.41) is 21.7. The van der Waals surface area contributed by atoms with E-state index in [0.29, 0.717) is 37.6 Å². The Labute approximate surface area is 278 Å². The summed E-state index contributed by atoms with van der Waals surface area (Å²) in [4.78, 5) is 16.2. The fourth-order valence-electron chi connectivity index (χ4n) is 7.29. The fourth-order valence-corrected chi connectivity index (χ4v) is 8.53. The van der Waals surface area contributed by atoms with E-state index in [1.54, 1.807) is 4.57 Å². The van der Waals surface area contributed by atoms with Gasteiger partial charge in [0.1, 0.15) is 11.4 Å². The van der Waals surface area contributed by atoms with Crippen LogP contribution in [0, 0.1) is 6.92 Å². The van der Waals surface area contributed by atoms with E-state index in [2.05, 4.69) is 30.1 Å². The highest BCUT2D eigenvalue weighted by molar-refractivity contribution is 7.98. The van der Waals surface area contributed by atoms with E-state index >= 15 is 0 Å². The van der Waals surface area contributed by atoms with Gasteiger partial charge < -0.3 is 14.4 Å². The molecule has 2 aromatic carbocycles. The van der Waals surface area contributed by atoms with Crippen LogP contribution in [0.2, 0.25) is 5.02 Å². The first kappa shape index (κ1) is 30.9. The minimum absolute atomic E-state index is 0.283. The van der Waals surface area contributed by atoms with Crippen molar-refractivity contribution in [3.8, 4) is 16.9 Å². The molecule has 11 heteroatoms. The molecule has 1 aliphatic carbocycles. The van der Waals surface area contributed by atoms with Gasteiger partial charge in [-0.05, 0) is 87.0 Å². The zero-order valence-corrected chi connectivity index (χ0v) is 28.6. The van der Waals surface area contributed by atoms with Gasteiger partial charge >= 0.3 is 5.97 Å². The number of hydrogen-bond acceptors (Lipinski definition) is 6. The highest BCUT2D eigenvalue weighted by atomic mass is 35.5. The molecule has 3 aromatic heterocycles. The number of aromatic carboxylic acids is 1. The summed E-state index contributed by atoms with van der Waals surface area (Å²) in [6.45, 7) is 3.76. The van der Waals surface area contributed by atoms with E-state index < -0.39 is 5.97 Å². The number of halogens is 1. The molecule has 0 amide bonds. The summed E-state index contributed by atoms with van der Waals surface area (Å²) in [6, 6.07) is 10.6. The lowest BCUT2D eigenvalue weighted by atomic mass is 9.98. The molecule has 240 valence electrons. The van der Waals surface area contributed by atoms with Crippen molar-refractivity contribution in [3.05, 3.63) is 80.5 Å². The van der Waals surface area contributed by atoms with Gasteiger partial charge in [-0.25, -0.2) is 4.79 Å². The molecule has 0 radical (unpaired) electrons. The molecule has 1 N–H and O–H groups in total. The summed E-state index contributed by atoms with van der Waals surface area (Å²) < 4.78 is 12.1. The van der Waals surface area contributed by atoms with Gasteiger partial charge in [0, 0.05) is 72.8 Å². The molecule has 5 aromatic rings. The second kappa shape index (κ2) is 12.1. The Bertz CT molecular complexity index is 2010. The summed E-state index contributed by atoms with van der Waals surface area (Å²) >= 11 is 8.82.